The number of benzene rings is 2. The number of carbonyl (C=O) groups is 1. The Morgan fingerprint density at radius 3 is 1.96 bits per heavy atom. The molecule has 3 aliphatic rings. The van der Waals surface area contributed by atoms with E-state index in [0.717, 1.165) is 28.5 Å². The molecule has 0 saturated carbocycles. The predicted molar refractivity (Wildman–Crippen MR) is 103 cm³/mol. The van der Waals surface area contributed by atoms with Crippen molar-refractivity contribution >= 4 is 5.97 Å². The highest BCUT2D eigenvalue weighted by atomic mass is 16.6. The molecule has 1 N–H and O–H groups in total. The van der Waals surface area contributed by atoms with E-state index in [1.807, 2.05) is 48.5 Å². The first-order chi connectivity index (χ1) is 12.9. The summed E-state index contributed by atoms with van der Waals surface area (Å²) in [6, 6.07) is 15.8. The number of esters is 1. The number of hydrogen-bond donors (Lipinski definition) is 1. The summed E-state index contributed by atoms with van der Waals surface area (Å²) in [6.45, 7) is 0. The third-order valence-corrected chi connectivity index (χ3v) is 6.77. The molecule has 0 amide bonds. The number of rotatable bonds is 2. The Labute approximate surface area is 159 Å². The number of aliphatic hydroxyl groups is 1. The maximum absolute atomic E-state index is 13.3. The number of ether oxygens (including phenoxy) is 1. The summed E-state index contributed by atoms with van der Waals surface area (Å²) in [5.41, 5.74) is 1.29. The van der Waals surface area contributed by atoms with Crippen LogP contribution in [0.1, 0.15) is 24.0 Å². The van der Waals surface area contributed by atoms with E-state index in [9.17, 15) is 9.90 Å². The van der Waals surface area contributed by atoms with E-state index < -0.39 is 11.6 Å². The van der Waals surface area contributed by atoms with Gasteiger partial charge in [-0.2, -0.15) is 0 Å². The molecule has 138 valence electrons. The highest BCUT2D eigenvalue weighted by Gasteiger charge is 2.52. The van der Waals surface area contributed by atoms with Crippen LogP contribution >= 0.6 is 0 Å². The molecule has 1 unspecified atom stereocenters. The fraction of sp³-hybridized carbons (Fsp3) is 0.348. The number of piperidine rings is 1. The van der Waals surface area contributed by atoms with Crippen LogP contribution in [0.25, 0.3) is 11.1 Å². The Morgan fingerprint density at radius 1 is 0.963 bits per heavy atom. The zero-order valence-corrected chi connectivity index (χ0v) is 15.6. The summed E-state index contributed by atoms with van der Waals surface area (Å²) in [5, 5.41) is 11.6. The molecule has 1 saturated heterocycles. The zero-order valence-electron chi connectivity index (χ0n) is 15.6. The van der Waals surface area contributed by atoms with Gasteiger partial charge in [-0.3, -0.25) is 0 Å². The van der Waals surface area contributed by atoms with Crippen LogP contribution in [0.15, 0.2) is 60.7 Å². The molecule has 0 spiro atoms. The second-order valence-electron chi connectivity index (χ2n) is 8.45. The highest BCUT2D eigenvalue weighted by Crippen LogP contribution is 2.48. The average Bonchev–Trinajstić information content (AvgIpc) is 2.96. The Balaban J connectivity index is 1.47. The Morgan fingerprint density at radius 2 is 1.44 bits per heavy atom. The van der Waals surface area contributed by atoms with Gasteiger partial charge in [-0.15, -0.1) is 0 Å². The molecule has 2 heterocycles. The van der Waals surface area contributed by atoms with Crippen molar-refractivity contribution in [3.8, 4) is 11.1 Å². The minimum absolute atomic E-state index is 0.169. The van der Waals surface area contributed by atoms with Crippen LogP contribution in [0.4, 0.5) is 0 Å². The molecule has 0 radical (unpaired) electrons. The van der Waals surface area contributed by atoms with Gasteiger partial charge < -0.3 is 14.3 Å². The molecule has 4 nitrogen and oxygen atoms in total. The Hall–Kier alpha value is -2.43. The van der Waals surface area contributed by atoms with Gasteiger partial charge >= 0.3 is 5.97 Å². The summed E-state index contributed by atoms with van der Waals surface area (Å²) in [5.74, 6) is -0.559. The van der Waals surface area contributed by atoms with Crippen molar-refractivity contribution in [3.05, 3.63) is 71.8 Å². The molecule has 0 aromatic heterocycles. The summed E-state index contributed by atoms with van der Waals surface area (Å²) in [6.07, 6.45) is 5.91. The number of nitrogens with zero attached hydrogens (tertiary/aromatic N) is 1. The van der Waals surface area contributed by atoms with Crippen molar-refractivity contribution in [2.45, 2.75) is 36.6 Å². The average molecular weight is 362 g/mol. The van der Waals surface area contributed by atoms with Gasteiger partial charge in [-0.25, -0.2) is 4.79 Å². The number of fused-ring (bicyclic) bond motifs is 5. The van der Waals surface area contributed by atoms with Crippen molar-refractivity contribution < 1.29 is 19.1 Å². The fourth-order valence-electron chi connectivity index (χ4n) is 5.05. The maximum Gasteiger partial charge on any atom is 0.348 e. The van der Waals surface area contributed by atoms with E-state index in [1.165, 1.54) is 0 Å². The molecule has 1 fully saturated rings. The lowest BCUT2D eigenvalue weighted by Crippen LogP contribution is -2.57. The summed E-state index contributed by atoms with van der Waals surface area (Å²) in [7, 11) is 4.45. The zero-order chi connectivity index (χ0) is 18.8. The van der Waals surface area contributed by atoms with Gasteiger partial charge in [0.05, 0.1) is 14.1 Å². The molecule has 4 heteroatoms. The van der Waals surface area contributed by atoms with Crippen molar-refractivity contribution in [3.63, 3.8) is 0 Å². The molecular weight excluding hydrogens is 338 g/mol. The smallest absolute Gasteiger partial charge is 0.348 e. The molecule has 1 aliphatic carbocycles. The molecule has 3 atom stereocenters. The Kier molecular flexibility index (Phi) is 3.43. The van der Waals surface area contributed by atoms with E-state index in [0.29, 0.717) is 23.2 Å². The lowest BCUT2D eigenvalue weighted by molar-refractivity contribution is -0.926. The van der Waals surface area contributed by atoms with Gasteiger partial charge in [0.1, 0.15) is 18.2 Å². The molecule has 27 heavy (non-hydrogen) atoms. The minimum Gasteiger partial charge on any atom is -0.459 e. The van der Waals surface area contributed by atoms with Crippen LogP contribution in [0.5, 0.6) is 0 Å². The fourth-order valence-corrected chi connectivity index (χ4v) is 5.05. The number of carbonyl (C=O) groups excluding carboxylic acids is 1. The van der Waals surface area contributed by atoms with E-state index in [1.54, 1.807) is 0 Å². The van der Waals surface area contributed by atoms with Gasteiger partial charge in [0.2, 0.25) is 5.60 Å². The summed E-state index contributed by atoms with van der Waals surface area (Å²) >= 11 is 0. The number of likely N-dealkylation sites (N-methyl/N-ethyl adjacent to an activating group) is 1. The number of hydrogen-bond acceptors (Lipinski definition) is 3. The predicted octanol–water partition coefficient (Wildman–Crippen LogP) is 2.99. The second-order valence-corrected chi connectivity index (χ2v) is 8.45. The molecule has 2 aromatic rings. The van der Waals surface area contributed by atoms with Gasteiger partial charge in [-0.1, -0.05) is 48.5 Å². The van der Waals surface area contributed by atoms with Gasteiger partial charge in [0.25, 0.3) is 0 Å². The third kappa shape index (κ3) is 2.20. The normalized spacial score (nSPS) is 28.5. The van der Waals surface area contributed by atoms with Crippen LogP contribution in [0, 0.1) is 0 Å². The monoisotopic (exact) mass is 362 g/mol. The van der Waals surface area contributed by atoms with Crippen LogP contribution in [0.3, 0.4) is 0 Å². The van der Waals surface area contributed by atoms with Gasteiger partial charge in [0, 0.05) is 24.0 Å². The van der Waals surface area contributed by atoms with Crippen molar-refractivity contribution in [1.82, 2.24) is 0 Å². The Bertz CT molecular complexity index is 898. The minimum atomic E-state index is -1.73. The van der Waals surface area contributed by atoms with Crippen LogP contribution in [-0.2, 0) is 15.1 Å². The second kappa shape index (κ2) is 5.54. The van der Waals surface area contributed by atoms with E-state index in [-0.39, 0.29) is 6.10 Å². The van der Waals surface area contributed by atoms with Gasteiger partial charge in [-0.05, 0) is 23.3 Å². The van der Waals surface area contributed by atoms with E-state index in [2.05, 4.69) is 26.2 Å². The van der Waals surface area contributed by atoms with Crippen molar-refractivity contribution in [1.29, 1.82) is 0 Å². The largest absolute Gasteiger partial charge is 0.459 e. The summed E-state index contributed by atoms with van der Waals surface area (Å²) in [4.78, 5) is 13.3. The molecule has 2 bridgehead atoms. The van der Waals surface area contributed by atoms with E-state index >= 15 is 0 Å². The molecular formula is C23H24NO3+. The topological polar surface area (TPSA) is 46.5 Å². The van der Waals surface area contributed by atoms with Crippen molar-refractivity contribution in [2.24, 2.45) is 0 Å². The van der Waals surface area contributed by atoms with Crippen LogP contribution < -0.4 is 0 Å². The van der Waals surface area contributed by atoms with E-state index in [4.69, 9.17) is 4.74 Å². The quantitative estimate of drug-likeness (QED) is 0.508. The standard InChI is InChI=1S/C23H24NO3/c1-24(2)15-11-12-16(24)14-17(13-15)27-22(25)23(26)20-9-5-3-7-18(20)19-8-4-6-10-21(19)23/h3-12,15-17,26H,13-14H2,1-2H3/q+1/t15-,16+,17?. The van der Waals surface area contributed by atoms with Crippen LogP contribution in [0.2, 0.25) is 0 Å². The molecule has 2 aromatic carbocycles. The van der Waals surface area contributed by atoms with Gasteiger partial charge in [0.15, 0.2) is 0 Å². The maximum atomic E-state index is 13.3. The van der Waals surface area contributed by atoms with Crippen LogP contribution in [-0.4, -0.2) is 47.8 Å². The first kappa shape index (κ1) is 16.7. The lowest BCUT2D eigenvalue weighted by Gasteiger charge is -2.44. The molecule has 2 aliphatic heterocycles. The first-order valence-corrected chi connectivity index (χ1v) is 9.57. The summed E-state index contributed by atoms with van der Waals surface area (Å²) < 4.78 is 6.85. The number of quaternary nitrogens is 1. The lowest BCUT2D eigenvalue weighted by atomic mass is 9.91. The molecule has 5 rings (SSSR count). The third-order valence-electron chi connectivity index (χ3n) is 6.77. The first-order valence-electron chi connectivity index (χ1n) is 9.57. The highest BCUT2D eigenvalue weighted by molar-refractivity contribution is 5.96. The van der Waals surface area contributed by atoms with Crippen molar-refractivity contribution in [2.75, 3.05) is 14.1 Å². The SMILES string of the molecule is C[N+]1(C)[C@@H]2C=C[C@H]1CC(OC(=O)C1(O)c3ccccc3-c3ccccc31)C2.